The molecule has 2 heterocycles. The highest BCUT2D eigenvalue weighted by Gasteiger charge is 2.09. The monoisotopic (exact) mass is 340 g/mol. The van der Waals surface area contributed by atoms with Gasteiger partial charge in [0.05, 0.1) is 24.0 Å². The number of hydrogen-bond donors (Lipinski definition) is 2. The smallest absolute Gasteiger partial charge is 0.230 e. The second-order valence-electron chi connectivity index (χ2n) is 3.80. The number of hydrogen-bond acceptors (Lipinski definition) is 4. The number of pyridine rings is 2. The molecule has 0 aliphatic rings. The third kappa shape index (κ3) is 3.90. The van der Waals surface area contributed by atoms with Crippen LogP contribution in [0, 0.1) is 0 Å². The average Bonchev–Trinajstić information content (AvgIpc) is 2.37. The largest absolute Gasteiger partial charge is 0.397 e. The summed E-state index contributed by atoms with van der Waals surface area (Å²) in [5, 5.41) is 2.92. The highest BCUT2D eigenvalue weighted by Crippen LogP contribution is 2.23. The van der Waals surface area contributed by atoms with Gasteiger partial charge < -0.3 is 11.1 Å². The Morgan fingerprint density at radius 3 is 2.84 bits per heavy atom. The number of nitrogens with two attached hydrogens (primary N) is 1. The van der Waals surface area contributed by atoms with Gasteiger partial charge in [0.25, 0.3) is 0 Å². The molecule has 0 fully saturated rings. The zero-order valence-corrected chi connectivity index (χ0v) is 12.1. The third-order valence-corrected chi connectivity index (χ3v) is 3.00. The Kier molecular flexibility index (Phi) is 4.34. The minimum atomic E-state index is -0.223. The first-order chi connectivity index (χ1) is 9.04. The Morgan fingerprint density at radius 1 is 1.37 bits per heavy atom. The molecular weight excluding hydrogens is 332 g/mol. The first-order valence-electron chi connectivity index (χ1n) is 5.36. The molecule has 2 aromatic heterocycles. The maximum Gasteiger partial charge on any atom is 0.230 e. The Bertz CT molecular complexity index is 603. The molecular formula is C12H10BrClN4O. The van der Waals surface area contributed by atoms with Crippen molar-refractivity contribution in [2.45, 2.75) is 6.42 Å². The summed E-state index contributed by atoms with van der Waals surface area (Å²) in [7, 11) is 0. The fourth-order valence-corrected chi connectivity index (χ4v) is 1.89. The maximum absolute atomic E-state index is 11.8. The van der Waals surface area contributed by atoms with Crippen molar-refractivity contribution in [2.75, 3.05) is 11.1 Å². The van der Waals surface area contributed by atoms with Crippen LogP contribution in [0.3, 0.4) is 0 Å². The van der Waals surface area contributed by atoms with Crippen LogP contribution in [0.15, 0.2) is 35.1 Å². The Balaban J connectivity index is 2.05. The van der Waals surface area contributed by atoms with Crippen LogP contribution in [-0.4, -0.2) is 15.9 Å². The highest BCUT2D eigenvalue weighted by molar-refractivity contribution is 9.10. The van der Waals surface area contributed by atoms with Crippen molar-refractivity contribution in [1.82, 2.24) is 9.97 Å². The number of rotatable bonds is 3. The van der Waals surface area contributed by atoms with E-state index in [9.17, 15) is 4.79 Å². The summed E-state index contributed by atoms with van der Waals surface area (Å²) < 4.78 is 0.734. The number of anilines is 2. The molecule has 5 nitrogen and oxygen atoms in total. The molecule has 0 aromatic carbocycles. The lowest BCUT2D eigenvalue weighted by molar-refractivity contribution is -0.115. The van der Waals surface area contributed by atoms with Crippen LogP contribution in [0.25, 0.3) is 0 Å². The van der Waals surface area contributed by atoms with Gasteiger partial charge in [-0.2, -0.15) is 0 Å². The molecule has 2 aromatic rings. The molecule has 98 valence electrons. The third-order valence-electron chi connectivity index (χ3n) is 2.27. The first-order valence-corrected chi connectivity index (χ1v) is 6.53. The lowest BCUT2D eigenvalue weighted by atomic mass is 10.2. The predicted octanol–water partition coefficient (Wildman–Crippen LogP) is 2.66. The number of aromatic nitrogens is 2. The van der Waals surface area contributed by atoms with Crippen molar-refractivity contribution in [3.05, 3.63) is 45.9 Å². The molecule has 0 bridgehead atoms. The van der Waals surface area contributed by atoms with Crippen molar-refractivity contribution in [3.8, 4) is 0 Å². The summed E-state index contributed by atoms with van der Waals surface area (Å²) in [5.41, 5.74) is 7.17. The normalized spacial score (nSPS) is 10.2. The first kappa shape index (κ1) is 13.8. The van der Waals surface area contributed by atoms with Gasteiger partial charge in [-0.05, 0) is 34.1 Å². The van der Waals surface area contributed by atoms with Gasteiger partial charge in [0.1, 0.15) is 0 Å². The van der Waals surface area contributed by atoms with Crippen molar-refractivity contribution in [3.63, 3.8) is 0 Å². The van der Waals surface area contributed by atoms with Crippen molar-refractivity contribution in [1.29, 1.82) is 0 Å². The Morgan fingerprint density at radius 2 is 2.16 bits per heavy atom. The summed E-state index contributed by atoms with van der Waals surface area (Å²) in [4.78, 5) is 19.8. The fourth-order valence-electron chi connectivity index (χ4n) is 1.41. The van der Waals surface area contributed by atoms with Gasteiger partial charge in [-0.25, -0.2) is 4.98 Å². The van der Waals surface area contributed by atoms with Gasteiger partial charge in [0.2, 0.25) is 5.91 Å². The van der Waals surface area contributed by atoms with E-state index < -0.39 is 0 Å². The molecule has 2 rings (SSSR count). The minimum absolute atomic E-state index is 0.142. The van der Waals surface area contributed by atoms with Crippen LogP contribution in [0.1, 0.15) is 5.69 Å². The van der Waals surface area contributed by atoms with E-state index in [2.05, 4.69) is 31.2 Å². The number of nitrogens with zero attached hydrogens (tertiary/aromatic N) is 2. The van der Waals surface area contributed by atoms with Crippen LogP contribution in [0.4, 0.5) is 11.4 Å². The maximum atomic E-state index is 11.8. The van der Waals surface area contributed by atoms with Gasteiger partial charge in [-0.1, -0.05) is 11.6 Å². The predicted molar refractivity (Wildman–Crippen MR) is 77.9 cm³/mol. The van der Waals surface area contributed by atoms with E-state index in [1.807, 2.05) is 0 Å². The number of nitrogen functional groups attached to an aromatic ring is 1. The van der Waals surface area contributed by atoms with Gasteiger partial charge in [0.15, 0.2) is 5.15 Å². The van der Waals surface area contributed by atoms with Crippen LogP contribution >= 0.6 is 27.5 Å². The van der Waals surface area contributed by atoms with Crippen molar-refractivity contribution >= 4 is 44.8 Å². The van der Waals surface area contributed by atoms with E-state index >= 15 is 0 Å². The number of carbonyl (C=O) groups excluding carboxylic acids is 1. The van der Waals surface area contributed by atoms with E-state index in [4.69, 9.17) is 17.3 Å². The van der Waals surface area contributed by atoms with E-state index in [0.29, 0.717) is 17.1 Å². The molecule has 0 spiro atoms. The van der Waals surface area contributed by atoms with Gasteiger partial charge >= 0.3 is 0 Å². The SMILES string of the molecule is Nc1ccc(CC(=O)Nc2cc(Br)cnc2Cl)nc1. The highest BCUT2D eigenvalue weighted by atomic mass is 79.9. The number of amides is 1. The Hall–Kier alpha value is -1.66. The number of nitrogens with one attached hydrogen (secondary N) is 1. The van der Waals surface area contributed by atoms with E-state index in [0.717, 1.165) is 4.47 Å². The van der Waals surface area contributed by atoms with Crippen LogP contribution in [-0.2, 0) is 11.2 Å². The van der Waals surface area contributed by atoms with Crippen molar-refractivity contribution in [2.24, 2.45) is 0 Å². The fraction of sp³-hybridized carbons (Fsp3) is 0.0833. The molecule has 0 radical (unpaired) electrons. The van der Waals surface area contributed by atoms with E-state index in [1.165, 1.54) is 6.20 Å². The minimum Gasteiger partial charge on any atom is -0.397 e. The van der Waals surface area contributed by atoms with Crippen LogP contribution < -0.4 is 11.1 Å². The van der Waals surface area contributed by atoms with Crippen LogP contribution in [0.5, 0.6) is 0 Å². The molecule has 19 heavy (non-hydrogen) atoms. The summed E-state index contributed by atoms with van der Waals surface area (Å²) in [5.74, 6) is -0.223. The molecule has 1 amide bonds. The van der Waals surface area contributed by atoms with Gasteiger partial charge in [-0.3, -0.25) is 9.78 Å². The van der Waals surface area contributed by atoms with Crippen molar-refractivity contribution < 1.29 is 4.79 Å². The second kappa shape index (κ2) is 5.99. The molecule has 0 aliphatic carbocycles. The number of carbonyl (C=O) groups is 1. The summed E-state index contributed by atoms with van der Waals surface area (Å²) >= 11 is 9.15. The number of halogens is 2. The van der Waals surface area contributed by atoms with Gasteiger partial charge in [-0.15, -0.1) is 0 Å². The lowest BCUT2D eigenvalue weighted by Gasteiger charge is -2.07. The molecule has 0 saturated heterocycles. The molecule has 0 saturated carbocycles. The zero-order valence-electron chi connectivity index (χ0n) is 9.73. The van der Waals surface area contributed by atoms with Gasteiger partial charge in [0, 0.05) is 16.4 Å². The molecule has 3 N–H and O–H groups in total. The quantitative estimate of drug-likeness (QED) is 0.841. The molecule has 0 atom stereocenters. The zero-order chi connectivity index (χ0) is 13.8. The standard InChI is InChI=1S/C12H10BrClN4O/c13-7-3-10(12(14)17-5-7)18-11(19)4-9-2-1-8(15)6-16-9/h1-3,5-6H,4,15H2,(H,18,19). The molecule has 0 unspecified atom stereocenters. The summed E-state index contributed by atoms with van der Waals surface area (Å²) in [6.45, 7) is 0. The second-order valence-corrected chi connectivity index (χ2v) is 5.07. The molecule has 0 aliphatic heterocycles. The van der Waals surface area contributed by atoms with Crippen LogP contribution in [0.2, 0.25) is 5.15 Å². The topological polar surface area (TPSA) is 80.9 Å². The van der Waals surface area contributed by atoms with E-state index in [-0.39, 0.29) is 17.5 Å². The average molecular weight is 342 g/mol. The Labute approximate surface area is 123 Å². The lowest BCUT2D eigenvalue weighted by Crippen LogP contribution is -2.15. The summed E-state index contributed by atoms with van der Waals surface area (Å²) in [6, 6.07) is 5.09. The molecule has 7 heteroatoms. The van der Waals surface area contributed by atoms with E-state index in [1.54, 1.807) is 24.4 Å². The summed E-state index contributed by atoms with van der Waals surface area (Å²) in [6.07, 6.45) is 3.21.